The molecule has 3 aromatic rings. The molecule has 0 atom stereocenters. The zero-order chi connectivity index (χ0) is 18.0. The molecule has 0 radical (unpaired) electrons. The molecule has 0 aliphatic rings. The molecule has 0 saturated heterocycles. The number of rotatable bonds is 4. The predicted octanol–water partition coefficient (Wildman–Crippen LogP) is 4.39. The topological polar surface area (TPSA) is 59.3 Å². The van der Waals surface area contributed by atoms with Gasteiger partial charge in [0.15, 0.2) is 0 Å². The van der Waals surface area contributed by atoms with Crippen molar-refractivity contribution in [2.75, 3.05) is 6.54 Å². The molecular formula is C19H15ClFNO3. The van der Waals surface area contributed by atoms with Gasteiger partial charge in [-0.25, -0.2) is 9.18 Å². The first-order valence-electron chi connectivity index (χ1n) is 7.81. The SMILES string of the molecule is CCCNC(=O)c1ccc2c(-c3ccc(F)cc3Cl)cc(=O)oc2c1. The van der Waals surface area contributed by atoms with Crippen molar-refractivity contribution >= 4 is 28.5 Å². The fraction of sp³-hybridized carbons (Fsp3) is 0.158. The molecular weight excluding hydrogens is 345 g/mol. The summed E-state index contributed by atoms with van der Waals surface area (Å²) in [6.07, 6.45) is 0.821. The zero-order valence-electron chi connectivity index (χ0n) is 13.4. The molecule has 0 aliphatic heterocycles. The molecule has 1 N–H and O–H groups in total. The molecule has 1 heterocycles. The van der Waals surface area contributed by atoms with E-state index in [-0.39, 0.29) is 16.5 Å². The summed E-state index contributed by atoms with van der Waals surface area (Å²) in [6.45, 7) is 2.52. The average Bonchev–Trinajstić information content (AvgIpc) is 2.58. The summed E-state index contributed by atoms with van der Waals surface area (Å²) in [5, 5.41) is 3.57. The lowest BCUT2D eigenvalue weighted by molar-refractivity contribution is 0.0953. The van der Waals surface area contributed by atoms with Gasteiger partial charge in [-0.2, -0.15) is 0 Å². The Hall–Kier alpha value is -2.66. The zero-order valence-corrected chi connectivity index (χ0v) is 14.2. The minimum Gasteiger partial charge on any atom is -0.423 e. The number of halogens is 2. The van der Waals surface area contributed by atoms with E-state index in [0.29, 0.717) is 28.6 Å². The van der Waals surface area contributed by atoms with Crippen molar-refractivity contribution in [3.8, 4) is 11.1 Å². The van der Waals surface area contributed by atoms with Gasteiger partial charge in [-0.1, -0.05) is 18.5 Å². The van der Waals surface area contributed by atoms with Crippen molar-refractivity contribution < 1.29 is 13.6 Å². The third-order valence-corrected chi connectivity index (χ3v) is 4.08. The van der Waals surface area contributed by atoms with Gasteiger partial charge in [0.25, 0.3) is 5.91 Å². The van der Waals surface area contributed by atoms with E-state index in [1.54, 1.807) is 12.1 Å². The highest BCUT2D eigenvalue weighted by atomic mass is 35.5. The first kappa shape index (κ1) is 17.2. The fourth-order valence-electron chi connectivity index (χ4n) is 2.58. The molecule has 6 heteroatoms. The number of fused-ring (bicyclic) bond motifs is 1. The summed E-state index contributed by atoms with van der Waals surface area (Å²) in [6, 6.07) is 10.1. The van der Waals surface area contributed by atoms with E-state index < -0.39 is 11.4 Å². The van der Waals surface area contributed by atoms with Crippen LogP contribution in [-0.2, 0) is 0 Å². The number of carbonyl (C=O) groups excluding carboxylic acids is 1. The molecule has 2 aromatic carbocycles. The van der Waals surface area contributed by atoms with Crippen LogP contribution in [0.15, 0.2) is 51.7 Å². The lowest BCUT2D eigenvalue weighted by atomic mass is 10.0. The highest BCUT2D eigenvalue weighted by Gasteiger charge is 2.14. The van der Waals surface area contributed by atoms with Gasteiger partial charge in [0.2, 0.25) is 0 Å². The number of carbonyl (C=O) groups is 1. The van der Waals surface area contributed by atoms with E-state index in [1.165, 1.54) is 30.3 Å². The van der Waals surface area contributed by atoms with E-state index in [0.717, 1.165) is 6.42 Å². The maximum atomic E-state index is 13.3. The van der Waals surface area contributed by atoms with Crippen molar-refractivity contribution in [1.82, 2.24) is 5.32 Å². The Bertz CT molecular complexity index is 1010. The molecule has 0 spiro atoms. The van der Waals surface area contributed by atoms with Crippen LogP contribution < -0.4 is 10.9 Å². The van der Waals surface area contributed by atoms with E-state index in [1.807, 2.05) is 6.92 Å². The molecule has 4 nitrogen and oxygen atoms in total. The van der Waals surface area contributed by atoms with Crippen LogP contribution in [0.3, 0.4) is 0 Å². The number of hydrogen-bond donors (Lipinski definition) is 1. The van der Waals surface area contributed by atoms with Crippen molar-refractivity contribution in [1.29, 1.82) is 0 Å². The molecule has 0 saturated carbocycles. The molecule has 0 aliphatic carbocycles. The normalized spacial score (nSPS) is 10.8. The minimum atomic E-state index is -0.575. The minimum absolute atomic E-state index is 0.191. The first-order valence-corrected chi connectivity index (χ1v) is 8.19. The van der Waals surface area contributed by atoms with Crippen molar-refractivity contribution in [3.05, 3.63) is 69.3 Å². The molecule has 0 fully saturated rings. The van der Waals surface area contributed by atoms with Crippen molar-refractivity contribution in [3.63, 3.8) is 0 Å². The van der Waals surface area contributed by atoms with E-state index in [2.05, 4.69) is 5.32 Å². The van der Waals surface area contributed by atoms with Gasteiger partial charge in [0.05, 0.1) is 5.02 Å². The van der Waals surface area contributed by atoms with Gasteiger partial charge in [-0.15, -0.1) is 0 Å². The van der Waals surface area contributed by atoms with E-state index in [4.69, 9.17) is 16.0 Å². The smallest absolute Gasteiger partial charge is 0.336 e. The number of benzene rings is 2. The average molecular weight is 360 g/mol. The number of hydrogen-bond acceptors (Lipinski definition) is 3. The fourth-order valence-corrected chi connectivity index (χ4v) is 2.84. The van der Waals surface area contributed by atoms with Gasteiger partial charge in [0, 0.05) is 34.7 Å². The summed E-state index contributed by atoms with van der Waals surface area (Å²) < 4.78 is 18.5. The maximum absolute atomic E-state index is 13.3. The molecule has 0 unspecified atom stereocenters. The quantitative estimate of drug-likeness (QED) is 0.703. The van der Waals surface area contributed by atoms with Crippen LogP contribution >= 0.6 is 11.6 Å². The molecule has 1 amide bonds. The van der Waals surface area contributed by atoms with Gasteiger partial charge in [-0.05, 0) is 42.8 Å². The Morgan fingerprint density at radius 1 is 1.16 bits per heavy atom. The summed E-state index contributed by atoms with van der Waals surface area (Å²) in [7, 11) is 0. The molecule has 128 valence electrons. The van der Waals surface area contributed by atoms with Crippen LogP contribution in [0.4, 0.5) is 4.39 Å². The van der Waals surface area contributed by atoms with Gasteiger partial charge in [-0.3, -0.25) is 4.79 Å². The second-order valence-electron chi connectivity index (χ2n) is 5.57. The Labute approximate surface area is 148 Å². The van der Waals surface area contributed by atoms with Gasteiger partial charge in [0.1, 0.15) is 11.4 Å². The maximum Gasteiger partial charge on any atom is 0.336 e. The summed E-state index contributed by atoms with van der Waals surface area (Å²) >= 11 is 6.12. The third kappa shape index (κ3) is 3.56. The van der Waals surface area contributed by atoms with Gasteiger partial charge < -0.3 is 9.73 Å². The predicted molar refractivity (Wildman–Crippen MR) is 95.5 cm³/mol. The standard InChI is InChI=1S/C19H15ClFNO3/c1-2-7-22-19(24)11-3-5-14-15(10-18(23)25-17(14)8-11)13-6-4-12(21)9-16(13)20/h3-6,8-10H,2,7H2,1H3,(H,22,24). The second-order valence-corrected chi connectivity index (χ2v) is 5.98. The van der Waals surface area contributed by atoms with Crippen LogP contribution in [-0.4, -0.2) is 12.5 Å². The lowest BCUT2D eigenvalue weighted by Crippen LogP contribution is -2.23. The molecule has 25 heavy (non-hydrogen) atoms. The van der Waals surface area contributed by atoms with E-state index >= 15 is 0 Å². The van der Waals surface area contributed by atoms with Crippen LogP contribution in [0.2, 0.25) is 5.02 Å². The van der Waals surface area contributed by atoms with Crippen molar-refractivity contribution in [2.45, 2.75) is 13.3 Å². The number of nitrogens with one attached hydrogen (secondary N) is 1. The number of amides is 1. The Morgan fingerprint density at radius 2 is 1.96 bits per heavy atom. The largest absolute Gasteiger partial charge is 0.423 e. The molecule has 1 aromatic heterocycles. The summed E-state index contributed by atoms with van der Waals surface area (Å²) in [5.41, 5.74) is 1.13. The highest BCUT2D eigenvalue weighted by Crippen LogP contribution is 2.33. The summed E-state index contributed by atoms with van der Waals surface area (Å²) in [4.78, 5) is 24.0. The Morgan fingerprint density at radius 3 is 2.68 bits per heavy atom. The first-order chi connectivity index (χ1) is 12.0. The van der Waals surface area contributed by atoms with Crippen LogP contribution in [0, 0.1) is 5.82 Å². The molecule has 0 bridgehead atoms. The Kier molecular flexibility index (Phi) is 4.86. The summed E-state index contributed by atoms with van der Waals surface area (Å²) in [5.74, 6) is -0.701. The van der Waals surface area contributed by atoms with Crippen LogP contribution in [0.5, 0.6) is 0 Å². The van der Waals surface area contributed by atoms with Gasteiger partial charge >= 0.3 is 5.63 Å². The highest BCUT2D eigenvalue weighted by molar-refractivity contribution is 6.33. The lowest BCUT2D eigenvalue weighted by Gasteiger charge is -2.09. The monoisotopic (exact) mass is 359 g/mol. The van der Waals surface area contributed by atoms with Crippen LogP contribution in [0.25, 0.3) is 22.1 Å². The second kappa shape index (κ2) is 7.07. The third-order valence-electron chi connectivity index (χ3n) is 3.76. The van der Waals surface area contributed by atoms with E-state index in [9.17, 15) is 14.0 Å². The molecule has 3 rings (SSSR count). The van der Waals surface area contributed by atoms with Crippen LogP contribution in [0.1, 0.15) is 23.7 Å². The van der Waals surface area contributed by atoms with Crippen molar-refractivity contribution in [2.24, 2.45) is 0 Å². The Balaban J connectivity index is 2.15.